The van der Waals surface area contributed by atoms with Crippen LogP contribution in [-0.2, 0) is 6.54 Å². The zero-order valence-electron chi connectivity index (χ0n) is 10.1. The second-order valence-electron chi connectivity index (χ2n) is 4.01. The Hall–Kier alpha value is -2.02. The predicted molar refractivity (Wildman–Crippen MR) is 74.5 cm³/mol. The van der Waals surface area contributed by atoms with Gasteiger partial charge in [0, 0.05) is 28.3 Å². The topological polar surface area (TPSA) is 55.2 Å². The molecule has 0 amide bonds. The van der Waals surface area contributed by atoms with E-state index in [4.69, 9.17) is 0 Å². The van der Waals surface area contributed by atoms with Crippen molar-refractivity contribution in [3.05, 3.63) is 68.2 Å². The molecule has 20 heavy (non-hydrogen) atoms. The molecule has 0 spiro atoms. The molecule has 0 bridgehead atoms. The highest BCUT2D eigenvalue weighted by Crippen LogP contribution is 2.22. The third-order valence-electron chi connectivity index (χ3n) is 2.64. The Morgan fingerprint density at radius 2 is 1.90 bits per heavy atom. The second kappa shape index (κ2) is 5.96. The van der Waals surface area contributed by atoms with Gasteiger partial charge < -0.3 is 5.32 Å². The molecule has 0 aliphatic carbocycles. The average Bonchev–Trinajstić information content (AvgIpc) is 2.39. The van der Waals surface area contributed by atoms with Crippen molar-refractivity contribution in [2.24, 2.45) is 0 Å². The van der Waals surface area contributed by atoms with Gasteiger partial charge >= 0.3 is 5.69 Å². The Morgan fingerprint density at radius 3 is 2.55 bits per heavy atom. The first-order chi connectivity index (χ1) is 9.47. The summed E-state index contributed by atoms with van der Waals surface area (Å²) >= 11 is 3.15. The lowest BCUT2D eigenvalue weighted by molar-refractivity contribution is -0.387. The molecule has 0 radical (unpaired) electrons. The van der Waals surface area contributed by atoms with Crippen molar-refractivity contribution in [2.45, 2.75) is 6.54 Å². The number of hydrogen-bond acceptors (Lipinski definition) is 3. The highest BCUT2D eigenvalue weighted by Gasteiger charge is 2.14. The van der Waals surface area contributed by atoms with E-state index in [9.17, 15) is 18.9 Å². The zero-order chi connectivity index (χ0) is 14.7. The maximum atomic E-state index is 13.6. The van der Waals surface area contributed by atoms with Gasteiger partial charge in [0.25, 0.3) is 0 Å². The van der Waals surface area contributed by atoms with Crippen LogP contribution in [0.3, 0.4) is 0 Å². The maximum Gasteiger partial charge on any atom is 0.306 e. The molecule has 4 nitrogen and oxygen atoms in total. The molecule has 2 aromatic carbocycles. The highest BCUT2D eigenvalue weighted by molar-refractivity contribution is 9.10. The molecule has 0 saturated heterocycles. The first-order valence-corrected chi connectivity index (χ1v) is 6.38. The monoisotopic (exact) mass is 342 g/mol. The maximum absolute atomic E-state index is 13.6. The predicted octanol–water partition coefficient (Wildman–Crippen LogP) is 4.25. The minimum absolute atomic E-state index is 0.141. The molecule has 0 saturated carbocycles. The fraction of sp³-hybridized carbons (Fsp3) is 0.0769. The summed E-state index contributed by atoms with van der Waals surface area (Å²) in [6.07, 6.45) is 0. The van der Waals surface area contributed by atoms with Crippen LogP contribution in [0.15, 0.2) is 40.9 Å². The summed E-state index contributed by atoms with van der Waals surface area (Å²) in [6, 6.07) is 8.03. The number of nitro benzene ring substituents is 1. The fourth-order valence-electron chi connectivity index (χ4n) is 1.62. The van der Waals surface area contributed by atoms with Gasteiger partial charge in [-0.1, -0.05) is 22.0 Å². The third kappa shape index (κ3) is 3.30. The van der Waals surface area contributed by atoms with E-state index in [1.807, 2.05) is 0 Å². The van der Waals surface area contributed by atoms with E-state index in [1.54, 1.807) is 12.1 Å². The average molecular weight is 343 g/mol. The van der Waals surface area contributed by atoms with Crippen molar-refractivity contribution in [3.8, 4) is 0 Å². The number of nitrogens with zero attached hydrogens (tertiary/aromatic N) is 1. The number of halogens is 3. The summed E-state index contributed by atoms with van der Waals surface area (Å²) in [5, 5.41) is 13.4. The van der Waals surface area contributed by atoms with Gasteiger partial charge in [-0.3, -0.25) is 10.1 Å². The SMILES string of the molecule is O=[N+]([O-])c1cc(NCc2ccc(Br)cc2F)ccc1F. The first-order valence-electron chi connectivity index (χ1n) is 5.59. The lowest BCUT2D eigenvalue weighted by Gasteiger charge is -2.08. The number of benzene rings is 2. The number of nitrogens with one attached hydrogen (secondary N) is 1. The van der Waals surface area contributed by atoms with Gasteiger partial charge in [-0.05, 0) is 24.3 Å². The van der Waals surface area contributed by atoms with Gasteiger partial charge in [-0.15, -0.1) is 0 Å². The van der Waals surface area contributed by atoms with Gasteiger partial charge in [-0.25, -0.2) is 4.39 Å². The highest BCUT2D eigenvalue weighted by atomic mass is 79.9. The molecule has 104 valence electrons. The molecule has 0 atom stereocenters. The van der Waals surface area contributed by atoms with Crippen LogP contribution in [0.4, 0.5) is 20.2 Å². The van der Waals surface area contributed by atoms with E-state index in [1.165, 1.54) is 12.1 Å². The van der Waals surface area contributed by atoms with Gasteiger partial charge in [0.2, 0.25) is 5.82 Å². The smallest absolute Gasteiger partial charge is 0.306 e. The molecular formula is C13H9BrF2N2O2. The fourth-order valence-corrected chi connectivity index (χ4v) is 1.96. The normalized spacial score (nSPS) is 10.3. The van der Waals surface area contributed by atoms with Crippen LogP contribution >= 0.6 is 15.9 Å². The van der Waals surface area contributed by atoms with Crippen molar-refractivity contribution in [1.29, 1.82) is 0 Å². The minimum Gasteiger partial charge on any atom is -0.381 e. The Bertz CT molecular complexity index is 665. The molecular weight excluding hydrogens is 334 g/mol. The van der Waals surface area contributed by atoms with E-state index in [-0.39, 0.29) is 6.54 Å². The number of rotatable bonds is 4. The lowest BCUT2D eigenvalue weighted by atomic mass is 10.2. The van der Waals surface area contributed by atoms with Crippen LogP contribution in [0.2, 0.25) is 0 Å². The molecule has 0 aliphatic rings. The molecule has 2 aromatic rings. The van der Waals surface area contributed by atoms with Crippen molar-refractivity contribution >= 4 is 27.3 Å². The van der Waals surface area contributed by atoms with Crippen LogP contribution < -0.4 is 5.32 Å². The Labute approximate surface area is 121 Å². The van der Waals surface area contributed by atoms with Crippen LogP contribution in [0.1, 0.15) is 5.56 Å². The van der Waals surface area contributed by atoms with Crippen molar-refractivity contribution < 1.29 is 13.7 Å². The van der Waals surface area contributed by atoms with Crippen LogP contribution in [0.25, 0.3) is 0 Å². The summed E-state index contributed by atoms with van der Waals surface area (Å²) in [5.41, 5.74) is 0.131. The Kier molecular flexibility index (Phi) is 4.29. The van der Waals surface area contributed by atoms with Crippen LogP contribution in [-0.4, -0.2) is 4.92 Å². The lowest BCUT2D eigenvalue weighted by Crippen LogP contribution is -2.03. The van der Waals surface area contributed by atoms with E-state index in [0.29, 0.717) is 15.7 Å². The summed E-state index contributed by atoms with van der Waals surface area (Å²) < 4.78 is 27.4. The van der Waals surface area contributed by atoms with E-state index >= 15 is 0 Å². The molecule has 0 aliphatic heterocycles. The molecule has 0 heterocycles. The van der Waals surface area contributed by atoms with Gasteiger partial charge in [0.05, 0.1) is 4.92 Å². The standard InChI is InChI=1S/C13H9BrF2N2O2/c14-9-2-1-8(12(16)5-9)7-17-10-3-4-11(15)13(6-10)18(19)20/h1-6,17H,7H2. The molecule has 0 unspecified atom stereocenters. The van der Waals surface area contributed by atoms with Crippen LogP contribution in [0.5, 0.6) is 0 Å². The summed E-state index contributed by atoms with van der Waals surface area (Å²) in [6.45, 7) is 0.141. The zero-order valence-corrected chi connectivity index (χ0v) is 11.7. The van der Waals surface area contributed by atoms with Gasteiger partial charge in [-0.2, -0.15) is 4.39 Å². The molecule has 7 heteroatoms. The molecule has 1 N–H and O–H groups in total. The van der Waals surface area contributed by atoms with Crippen LogP contribution in [0, 0.1) is 21.7 Å². The van der Waals surface area contributed by atoms with E-state index in [2.05, 4.69) is 21.2 Å². The summed E-state index contributed by atoms with van der Waals surface area (Å²) in [5.74, 6) is -1.31. The second-order valence-corrected chi connectivity index (χ2v) is 4.93. The van der Waals surface area contributed by atoms with Crippen molar-refractivity contribution in [1.82, 2.24) is 0 Å². The van der Waals surface area contributed by atoms with E-state index < -0.39 is 22.2 Å². The number of anilines is 1. The third-order valence-corrected chi connectivity index (χ3v) is 3.13. The van der Waals surface area contributed by atoms with Gasteiger partial charge in [0.15, 0.2) is 0 Å². The summed E-state index contributed by atoms with van der Waals surface area (Å²) in [4.78, 5) is 9.81. The number of nitro groups is 1. The Balaban J connectivity index is 2.15. The van der Waals surface area contributed by atoms with Crippen molar-refractivity contribution in [2.75, 3.05) is 5.32 Å². The van der Waals surface area contributed by atoms with E-state index in [0.717, 1.165) is 12.1 Å². The summed E-state index contributed by atoms with van der Waals surface area (Å²) in [7, 11) is 0. The molecule has 0 aromatic heterocycles. The molecule has 2 rings (SSSR count). The Morgan fingerprint density at radius 1 is 1.15 bits per heavy atom. The minimum atomic E-state index is -0.907. The number of hydrogen-bond donors (Lipinski definition) is 1. The first kappa shape index (κ1) is 14.4. The quantitative estimate of drug-likeness (QED) is 0.667. The molecule has 0 fully saturated rings. The largest absolute Gasteiger partial charge is 0.381 e. The van der Waals surface area contributed by atoms with Gasteiger partial charge in [0.1, 0.15) is 5.82 Å². The van der Waals surface area contributed by atoms with Crippen molar-refractivity contribution in [3.63, 3.8) is 0 Å².